The minimum atomic E-state index is -0.407. The molecule has 0 aromatic heterocycles. The zero-order chi connectivity index (χ0) is 14.5. The van der Waals surface area contributed by atoms with Crippen LogP contribution in [0.5, 0.6) is 0 Å². The molecule has 1 saturated heterocycles. The summed E-state index contributed by atoms with van der Waals surface area (Å²) in [6, 6.07) is 3.24. The third-order valence-corrected chi connectivity index (χ3v) is 3.71. The number of morpholine rings is 1. The Kier molecular flexibility index (Phi) is 6.25. The van der Waals surface area contributed by atoms with Crippen LogP contribution in [0, 0.1) is 11.3 Å². The maximum Gasteiger partial charge on any atom is 0.104 e. The van der Waals surface area contributed by atoms with Crippen molar-refractivity contribution in [2.45, 2.75) is 71.2 Å². The molecule has 4 nitrogen and oxygen atoms in total. The van der Waals surface area contributed by atoms with Gasteiger partial charge in [-0.25, -0.2) is 0 Å². The van der Waals surface area contributed by atoms with Gasteiger partial charge in [-0.2, -0.15) is 5.26 Å². The smallest absolute Gasteiger partial charge is 0.104 e. The van der Waals surface area contributed by atoms with Gasteiger partial charge in [0.2, 0.25) is 0 Å². The Balaban J connectivity index is 2.37. The van der Waals surface area contributed by atoms with Gasteiger partial charge in [0.05, 0.1) is 18.8 Å². The second kappa shape index (κ2) is 7.23. The van der Waals surface area contributed by atoms with E-state index < -0.39 is 5.54 Å². The van der Waals surface area contributed by atoms with Crippen molar-refractivity contribution in [3.63, 3.8) is 0 Å². The van der Waals surface area contributed by atoms with Crippen LogP contribution in [0.2, 0.25) is 0 Å². The summed E-state index contributed by atoms with van der Waals surface area (Å²) in [6.07, 6.45) is 2.26. The molecule has 0 aromatic carbocycles. The van der Waals surface area contributed by atoms with E-state index in [1.807, 2.05) is 6.92 Å². The molecule has 0 aromatic rings. The van der Waals surface area contributed by atoms with Gasteiger partial charge in [-0.3, -0.25) is 10.2 Å². The maximum atomic E-state index is 9.32. The molecule has 19 heavy (non-hydrogen) atoms. The number of hydrogen-bond donors (Lipinski definition) is 1. The lowest BCUT2D eigenvalue weighted by Crippen LogP contribution is -2.49. The average Bonchev–Trinajstić information content (AvgIpc) is 2.32. The van der Waals surface area contributed by atoms with E-state index >= 15 is 0 Å². The molecule has 1 N–H and O–H groups in total. The third-order valence-electron chi connectivity index (χ3n) is 3.71. The Hall–Kier alpha value is -0.630. The highest BCUT2D eigenvalue weighted by Gasteiger charge is 2.26. The molecule has 0 bridgehead atoms. The minimum Gasteiger partial charge on any atom is -0.376 e. The lowest BCUT2D eigenvalue weighted by molar-refractivity contribution is -0.0499. The molecule has 1 fully saturated rings. The van der Waals surface area contributed by atoms with Crippen molar-refractivity contribution in [2.75, 3.05) is 19.7 Å². The van der Waals surface area contributed by atoms with Crippen LogP contribution >= 0.6 is 0 Å². The van der Waals surface area contributed by atoms with Crippen LogP contribution in [0.25, 0.3) is 0 Å². The van der Waals surface area contributed by atoms with Crippen molar-refractivity contribution >= 4 is 0 Å². The lowest BCUT2D eigenvalue weighted by atomic mass is 9.96. The zero-order valence-corrected chi connectivity index (χ0v) is 13.1. The van der Waals surface area contributed by atoms with Gasteiger partial charge in [-0.05, 0) is 54.0 Å². The lowest BCUT2D eigenvalue weighted by Gasteiger charge is -2.37. The molecule has 0 amide bonds. The number of nitriles is 1. The fourth-order valence-corrected chi connectivity index (χ4v) is 2.72. The van der Waals surface area contributed by atoms with Gasteiger partial charge >= 0.3 is 0 Å². The third kappa shape index (κ3) is 5.48. The number of hydrogen-bond acceptors (Lipinski definition) is 4. The van der Waals surface area contributed by atoms with Crippen LogP contribution < -0.4 is 5.32 Å². The molecule has 3 unspecified atom stereocenters. The Labute approximate surface area is 118 Å². The molecule has 0 spiro atoms. The van der Waals surface area contributed by atoms with Crippen molar-refractivity contribution < 1.29 is 4.74 Å². The summed E-state index contributed by atoms with van der Waals surface area (Å²) in [5.41, 5.74) is -0.407. The van der Waals surface area contributed by atoms with E-state index in [4.69, 9.17) is 4.74 Å². The summed E-state index contributed by atoms with van der Waals surface area (Å²) in [6.45, 7) is 13.4. The predicted molar refractivity (Wildman–Crippen MR) is 78.0 cm³/mol. The van der Waals surface area contributed by atoms with Crippen LogP contribution in [0.15, 0.2) is 0 Å². The number of rotatable bonds is 6. The highest BCUT2D eigenvalue weighted by molar-refractivity contribution is 5.04. The van der Waals surface area contributed by atoms with Crippen LogP contribution in [-0.2, 0) is 4.74 Å². The highest BCUT2D eigenvalue weighted by atomic mass is 16.5. The fourth-order valence-electron chi connectivity index (χ4n) is 2.72. The zero-order valence-electron chi connectivity index (χ0n) is 13.1. The molecule has 0 radical (unpaired) electrons. The average molecular weight is 267 g/mol. The first-order valence-corrected chi connectivity index (χ1v) is 7.41. The second-order valence-corrected chi connectivity index (χ2v) is 6.33. The first kappa shape index (κ1) is 16.4. The van der Waals surface area contributed by atoms with Crippen molar-refractivity contribution in [1.82, 2.24) is 10.2 Å². The van der Waals surface area contributed by atoms with Gasteiger partial charge in [0.15, 0.2) is 0 Å². The van der Waals surface area contributed by atoms with Gasteiger partial charge < -0.3 is 4.74 Å². The van der Waals surface area contributed by atoms with Crippen molar-refractivity contribution in [3.05, 3.63) is 0 Å². The van der Waals surface area contributed by atoms with Crippen LogP contribution in [0.1, 0.15) is 47.5 Å². The Bertz CT molecular complexity index is 313. The summed E-state index contributed by atoms with van der Waals surface area (Å²) in [5, 5.41) is 12.7. The van der Waals surface area contributed by atoms with E-state index in [-0.39, 0.29) is 0 Å². The summed E-state index contributed by atoms with van der Waals surface area (Å²) >= 11 is 0. The molecule has 4 heteroatoms. The summed E-state index contributed by atoms with van der Waals surface area (Å²) < 4.78 is 5.63. The van der Waals surface area contributed by atoms with Gasteiger partial charge in [-0.15, -0.1) is 0 Å². The molecule has 110 valence electrons. The van der Waals surface area contributed by atoms with Gasteiger partial charge in [0, 0.05) is 18.6 Å². The molecule has 1 rings (SSSR count). The van der Waals surface area contributed by atoms with Gasteiger partial charge in [0.25, 0.3) is 0 Å². The van der Waals surface area contributed by atoms with E-state index in [0.717, 1.165) is 32.5 Å². The second-order valence-electron chi connectivity index (χ2n) is 6.33. The molecule has 0 aliphatic carbocycles. The predicted octanol–water partition coefficient (Wildman–Crippen LogP) is 2.16. The van der Waals surface area contributed by atoms with Crippen molar-refractivity contribution in [2.24, 2.45) is 0 Å². The number of nitrogens with zero attached hydrogens (tertiary/aromatic N) is 2. The van der Waals surface area contributed by atoms with Gasteiger partial charge in [-0.1, -0.05) is 0 Å². The first-order valence-electron chi connectivity index (χ1n) is 7.41. The largest absolute Gasteiger partial charge is 0.376 e. The minimum absolute atomic E-state index is 0.326. The van der Waals surface area contributed by atoms with E-state index in [1.165, 1.54) is 0 Å². The highest BCUT2D eigenvalue weighted by Crippen LogP contribution is 2.16. The van der Waals surface area contributed by atoms with E-state index in [0.29, 0.717) is 18.2 Å². The summed E-state index contributed by atoms with van der Waals surface area (Å²) in [5.74, 6) is 0. The van der Waals surface area contributed by atoms with E-state index in [9.17, 15) is 5.26 Å². The van der Waals surface area contributed by atoms with Crippen molar-refractivity contribution in [1.29, 1.82) is 5.26 Å². The standard InChI is InChI=1S/C15H29N3O/c1-12(2)17-15(5,11-16)7-6-8-18-9-14(4)19-10-13(18)3/h12-14,17H,6-10H2,1-5H3. The molecule has 1 heterocycles. The molecular weight excluding hydrogens is 238 g/mol. The first-order chi connectivity index (χ1) is 8.86. The fraction of sp³-hybridized carbons (Fsp3) is 0.933. The Morgan fingerprint density at radius 2 is 2.16 bits per heavy atom. The normalized spacial score (nSPS) is 28.1. The Morgan fingerprint density at radius 3 is 2.74 bits per heavy atom. The Morgan fingerprint density at radius 1 is 1.47 bits per heavy atom. The van der Waals surface area contributed by atoms with E-state index in [2.05, 4.69) is 44.0 Å². The maximum absolute atomic E-state index is 9.32. The monoisotopic (exact) mass is 267 g/mol. The van der Waals surface area contributed by atoms with Crippen molar-refractivity contribution in [3.8, 4) is 6.07 Å². The van der Waals surface area contributed by atoms with Crippen LogP contribution in [0.4, 0.5) is 0 Å². The van der Waals surface area contributed by atoms with Crippen LogP contribution in [-0.4, -0.2) is 48.3 Å². The molecule has 1 aliphatic heterocycles. The molecule has 0 saturated carbocycles. The quantitative estimate of drug-likeness (QED) is 0.801. The van der Waals surface area contributed by atoms with E-state index in [1.54, 1.807) is 0 Å². The molecular formula is C15H29N3O. The number of ether oxygens (including phenoxy) is 1. The molecule has 1 aliphatic rings. The summed E-state index contributed by atoms with van der Waals surface area (Å²) in [4.78, 5) is 2.47. The molecule has 3 atom stereocenters. The number of nitrogens with one attached hydrogen (secondary N) is 1. The van der Waals surface area contributed by atoms with Gasteiger partial charge in [0.1, 0.15) is 5.54 Å². The topological polar surface area (TPSA) is 48.3 Å². The SMILES string of the molecule is CC(C)NC(C)(C#N)CCCN1CC(C)OCC1C. The van der Waals surface area contributed by atoms with Crippen LogP contribution in [0.3, 0.4) is 0 Å². The summed E-state index contributed by atoms with van der Waals surface area (Å²) in [7, 11) is 0.